The van der Waals surface area contributed by atoms with Gasteiger partial charge in [0.2, 0.25) is 0 Å². The monoisotopic (exact) mass is 252 g/mol. The van der Waals surface area contributed by atoms with E-state index in [0.717, 1.165) is 17.5 Å². The van der Waals surface area contributed by atoms with E-state index >= 15 is 0 Å². The van der Waals surface area contributed by atoms with E-state index in [1.165, 1.54) is 31.2 Å². The van der Waals surface area contributed by atoms with Crippen LogP contribution >= 0.6 is 11.8 Å². The lowest BCUT2D eigenvalue weighted by Gasteiger charge is -2.19. The summed E-state index contributed by atoms with van der Waals surface area (Å²) in [5.41, 5.74) is 0.995. The summed E-state index contributed by atoms with van der Waals surface area (Å²) in [6.45, 7) is 3.02. The van der Waals surface area contributed by atoms with Crippen LogP contribution in [0.25, 0.3) is 0 Å². The number of hydrogen-bond donors (Lipinski definition) is 2. The Hall–Kier alpha value is -0.740. The van der Waals surface area contributed by atoms with Gasteiger partial charge in [0.25, 0.3) is 0 Å². The van der Waals surface area contributed by atoms with Crippen molar-refractivity contribution in [3.8, 4) is 5.75 Å². The average Bonchev–Trinajstić information content (AvgIpc) is 2.77. The molecule has 3 nitrogen and oxygen atoms in total. The molecule has 1 saturated carbocycles. The highest BCUT2D eigenvalue weighted by atomic mass is 32.2. The average molecular weight is 252 g/mol. The molecule has 2 atom stereocenters. The van der Waals surface area contributed by atoms with Gasteiger partial charge < -0.3 is 10.4 Å². The topological polar surface area (TPSA) is 45.1 Å². The molecule has 1 aromatic heterocycles. The molecule has 2 unspecified atom stereocenters. The Morgan fingerprint density at radius 1 is 1.47 bits per heavy atom. The van der Waals surface area contributed by atoms with Gasteiger partial charge in [0, 0.05) is 17.8 Å². The van der Waals surface area contributed by atoms with Crippen molar-refractivity contribution in [3.63, 3.8) is 0 Å². The first-order chi connectivity index (χ1) is 8.29. The van der Waals surface area contributed by atoms with Crippen molar-refractivity contribution in [1.82, 2.24) is 10.3 Å². The van der Waals surface area contributed by atoms with E-state index in [0.29, 0.717) is 6.04 Å². The number of rotatable bonds is 5. The third-order valence-electron chi connectivity index (χ3n) is 3.19. The largest absolute Gasteiger partial charge is 0.506 e. The van der Waals surface area contributed by atoms with Crippen molar-refractivity contribution < 1.29 is 5.11 Å². The van der Waals surface area contributed by atoms with Crippen molar-refractivity contribution in [3.05, 3.63) is 24.0 Å². The van der Waals surface area contributed by atoms with Gasteiger partial charge in [-0.15, -0.1) is 0 Å². The van der Waals surface area contributed by atoms with E-state index in [2.05, 4.69) is 29.0 Å². The number of nitrogens with one attached hydrogen (secondary N) is 1. The van der Waals surface area contributed by atoms with Crippen LogP contribution in [0.4, 0.5) is 0 Å². The molecule has 1 aliphatic carbocycles. The van der Waals surface area contributed by atoms with Gasteiger partial charge in [-0.1, -0.05) is 13.3 Å². The van der Waals surface area contributed by atoms with Gasteiger partial charge in [0.15, 0.2) is 0 Å². The Kier molecular flexibility index (Phi) is 4.68. The number of pyridine rings is 1. The molecular weight excluding hydrogens is 232 g/mol. The fraction of sp³-hybridized carbons (Fsp3) is 0.615. The molecule has 94 valence electrons. The van der Waals surface area contributed by atoms with E-state index in [-0.39, 0.29) is 5.75 Å². The number of hydrogen-bond acceptors (Lipinski definition) is 4. The predicted molar refractivity (Wildman–Crippen MR) is 72.3 cm³/mol. The van der Waals surface area contributed by atoms with Crippen LogP contribution < -0.4 is 5.32 Å². The van der Waals surface area contributed by atoms with Crippen LogP contribution in [0.2, 0.25) is 0 Å². The zero-order valence-electron chi connectivity index (χ0n) is 10.2. The lowest BCUT2D eigenvalue weighted by Crippen LogP contribution is -2.33. The van der Waals surface area contributed by atoms with Crippen LogP contribution in [0.5, 0.6) is 5.75 Å². The van der Waals surface area contributed by atoms with Crippen LogP contribution in [0.15, 0.2) is 18.3 Å². The molecule has 0 aromatic carbocycles. The number of nitrogens with zero attached hydrogens (tertiary/aromatic N) is 1. The maximum atomic E-state index is 9.16. The molecule has 1 aromatic rings. The Labute approximate surface area is 107 Å². The molecule has 1 fully saturated rings. The summed E-state index contributed by atoms with van der Waals surface area (Å²) in [4.78, 5) is 4.19. The van der Waals surface area contributed by atoms with Crippen molar-refractivity contribution in [2.45, 2.75) is 44.0 Å². The molecule has 4 heteroatoms. The van der Waals surface area contributed by atoms with E-state index in [1.807, 2.05) is 6.07 Å². The van der Waals surface area contributed by atoms with Crippen LogP contribution in [0, 0.1) is 0 Å². The van der Waals surface area contributed by atoms with Gasteiger partial charge in [0.05, 0.1) is 11.9 Å². The van der Waals surface area contributed by atoms with Crippen LogP contribution in [-0.4, -0.2) is 27.1 Å². The summed E-state index contributed by atoms with van der Waals surface area (Å²) in [5, 5.41) is 13.5. The molecule has 0 saturated heterocycles. The molecule has 0 amide bonds. The lowest BCUT2D eigenvalue weighted by atomic mass is 10.2. The molecule has 2 rings (SSSR count). The number of aromatic hydroxyl groups is 1. The Bertz CT molecular complexity index is 342. The van der Waals surface area contributed by atoms with Gasteiger partial charge in [-0.3, -0.25) is 4.98 Å². The Balaban J connectivity index is 1.83. The summed E-state index contributed by atoms with van der Waals surface area (Å²) in [5.74, 6) is 1.43. The smallest absolute Gasteiger partial charge is 0.133 e. The van der Waals surface area contributed by atoms with E-state index < -0.39 is 0 Å². The predicted octanol–water partition coefficient (Wildman–Crippen LogP) is 2.55. The molecule has 17 heavy (non-hydrogen) atoms. The second-order valence-electron chi connectivity index (χ2n) is 4.42. The highest BCUT2D eigenvalue weighted by Crippen LogP contribution is 2.29. The quantitative estimate of drug-likeness (QED) is 0.845. The molecule has 0 bridgehead atoms. The molecular formula is C13H20N2OS. The van der Waals surface area contributed by atoms with E-state index in [1.54, 1.807) is 6.07 Å². The molecule has 0 spiro atoms. The third kappa shape index (κ3) is 3.61. The molecule has 1 aliphatic rings. The minimum atomic E-state index is 0.231. The van der Waals surface area contributed by atoms with Crippen LogP contribution in [0.1, 0.15) is 31.9 Å². The fourth-order valence-electron chi connectivity index (χ4n) is 2.33. The minimum Gasteiger partial charge on any atom is -0.506 e. The van der Waals surface area contributed by atoms with E-state index in [9.17, 15) is 0 Å². The minimum absolute atomic E-state index is 0.231. The summed E-state index contributed by atoms with van der Waals surface area (Å²) in [6.07, 6.45) is 5.44. The van der Waals surface area contributed by atoms with Crippen LogP contribution in [0.3, 0.4) is 0 Å². The van der Waals surface area contributed by atoms with Gasteiger partial charge in [-0.05, 0) is 30.7 Å². The molecule has 0 radical (unpaired) electrons. The maximum Gasteiger partial charge on any atom is 0.133 e. The molecule has 1 heterocycles. The normalized spacial score (nSPS) is 24.1. The summed E-state index contributed by atoms with van der Waals surface area (Å²) < 4.78 is 0. The second-order valence-corrected chi connectivity index (χ2v) is 5.94. The Morgan fingerprint density at radius 3 is 3.06 bits per heavy atom. The first-order valence-corrected chi connectivity index (χ1v) is 7.33. The van der Waals surface area contributed by atoms with Gasteiger partial charge >= 0.3 is 0 Å². The summed E-state index contributed by atoms with van der Waals surface area (Å²) in [7, 11) is 0. The van der Waals surface area contributed by atoms with Crippen molar-refractivity contribution in [2.75, 3.05) is 5.75 Å². The summed E-state index contributed by atoms with van der Waals surface area (Å²) in [6, 6.07) is 4.19. The van der Waals surface area contributed by atoms with E-state index in [4.69, 9.17) is 5.11 Å². The zero-order valence-corrected chi connectivity index (χ0v) is 11.0. The molecule has 2 N–H and O–H groups in total. The Morgan fingerprint density at radius 2 is 2.35 bits per heavy atom. The summed E-state index contributed by atoms with van der Waals surface area (Å²) >= 11 is 2.06. The van der Waals surface area contributed by atoms with Gasteiger partial charge in [-0.25, -0.2) is 0 Å². The van der Waals surface area contributed by atoms with Gasteiger partial charge in [-0.2, -0.15) is 11.8 Å². The molecule has 0 aliphatic heterocycles. The standard InChI is InChI=1S/C13H20N2OS/c1-2-17-13-5-3-4-12(13)15-8-10-6-7-11(16)9-14-10/h6-7,9,12-13,15-16H,2-5,8H2,1H3. The SMILES string of the molecule is CCSC1CCCC1NCc1ccc(O)cn1. The third-order valence-corrected chi connectivity index (χ3v) is 4.51. The lowest BCUT2D eigenvalue weighted by molar-refractivity contribution is 0.470. The highest BCUT2D eigenvalue weighted by molar-refractivity contribution is 7.99. The van der Waals surface area contributed by atoms with Crippen molar-refractivity contribution in [1.29, 1.82) is 0 Å². The number of aromatic nitrogens is 1. The zero-order chi connectivity index (χ0) is 12.1. The first kappa shape index (κ1) is 12.7. The van der Waals surface area contributed by atoms with Crippen LogP contribution in [-0.2, 0) is 6.54 Å². The van der Waals surface area contributed by atoms with Crippen molar-refractivity contribution in [2.24, 2.45) is 0 Å². The van der Waals surface area contributed by atoms with Crippen molar-refractivity contribution >= 4 is 11.8 Å². The number of thioether (sulfide) groups is 1. The maximum absolute atomic E-state index is 9.16. The second kappa shape index (κ2) is 6.26. The first-order valence-electron chi connectivity index (χ1n) is 6.28. The van der Waals surface area contributed by atoms with Gasteiger partial charge in [0.1, 0.15) is 5.75 Å². The fourth-order valence-corrected chi connectivity index (χ4v) is 3.56. The highest BCUT2D eigenvalue weighted by Gasteiger charge is 2.26.